The zero-order valence-electron chi connectivity index (χ0n) is 19.6. The maximum absolute atomic E-state index is 12.8. The van der Waals surface area contributed by atoms with Crippen LogP contribution in [0.5, 0.6) is 5.75 Å². The third-order valence-electron chi connectivity index (χ3n) is 5.98. The van der Waals surface area contributed by atoms with E-state index in [4.69, 9.17) is 4.42 Å². The molecule has 2 N–H and O–H groups in total. The molecule has 0 saturated heterocycles. The highest BCUT2D eigenvalue weighted by atomic mass is 32.2. The highest BCUT2D eigenvalue weighted by molar-refractivity contribution is 8.01. The van der Waals surface area contributed by atoms with Crippen LogP contribution in [0.25, 0.3) is 21.2 Å². The molecule has 6 nitrogen and oxygen atoms in total. The minimum absolute atomic E-state index is 0.0602. The zero-order valence-corrected chi connectivity index (χ0v) is 21.2. The number of nitrogens with zero attached hydrogens (tertiary/aromatic N) is 1. The van der Waals surface area contributed by atoms with Gasteiger partial charge in [-0.3, -0.25) is 4.79 Å². The number of fused-ring (bicyclic) bond motifs is 2. The first-order chi connectivity index (χ1) is 17.5. The van der Waals surface area contributed by atoms with Crippen LogP contribution in [0.1, 0.15) is 36.8 Å². The van der Waals surface area contributed by atoms with E-state index in [9.17, 15) is 14.7 Å². The first-order valence-corrected chi connectivity index (χ1v) is 13.5. The number of amides is 1. The quantitative estimate of drug-likeness (QED) is 0.175. The van der Waals surface area contributed by atoms with Crippen LogP contribution in [0, 0.1) is 0 Å². The number of para-hydroxylation sites is 2. The van der Waals surface area contributed by atoms with E-state index < -0.39 is 5.63 Å². The third-order valence-corrected chi connectivity index (χ3v) is 8.16. The summed E-state index contributed by atoms with van der Waals surface area (Å²) in [6.45, 7) is 1.95. The van der Waals surface area contributed by atoms with E-state index in [0.717, 1.165) is 20.1 Å². The summed E-state index contributed by atoms with van der Waals surface area (Å²) in [5, 5.41) is 14.4. The number of aromatic nitrogens is 1. The van der Waals surface area contributed by atoms with Gasteiger partial charge in [-0.15, -0.1) is 11.3 Å². The number of thioether (sulfide) groups is 1. The van der Waals surface area contributed by atoms with Crippen molar-refractivity contribution in [2.75, 3.05) is 11.1 Å². The summed E-state index contributed by atoms with van der Waals surface area (Å²) in [4.78, 5) is 30.0. The van der Waals surface area contributed by atoms with Crippen molar-refractivity contribution in [3.05, 3.63) is 94.3 Å². The maximum Gasteiger partial charge on any atom is 0.343 e. The van der Waals surface area contributed by atoms with Crippen molar-refractivity contribution in [2.24, 2.45) is 0 Å². The maximum atomic E-state index is 12.8. The molecule has 2 aromatic heterocycles. The second-order valence-electron chi connectivity index (χ2n) is 8.33. The van der Waals surface area contributed by atoms with Crippen LogP contribution >= 0.6 is 23.1 Å². The number of thiazole rings is 1. The zero-order chi connectivity index (χ0) is 25.1. The Kier molecular flexibility index (Phi) is 7.06. The van der Waals surface area contributed by atoms with Gasteiger partial charge in [0.2, 0.25) is 5.91 Å². The molecule has 182 valence electrons. The molecular weight excluding hydrogens is 492 g/mol. The number of carbonyl (C=O) groups excluding carboxylic acids is 1. The monoisotopic (exact) mass is 516 g/mol. The smallest absolute Gasteiger partial charge is 0.343 e. The third kappa shape index (κ3) is 5.01. The van der Waals surface area contributed by atoms with E-state index in [2.05, 4.69) is 10.3 Å². The molecule has 1 unspecified atom stereocenters. The summed E-state index contributed by atoms with van der Waals surface area (Å²) in [7, 11) is 0. The Balaban J connectivity index is 1.28. The van der Waals surface area contributed by atoms with Gasteiger partial charge in [0.1, 0.15) is 11.3 Å². The van der Waals surface area contributed by atoms with Gasteiger partial charge in [0.05, 0.1) is 21.2 Å². The molecule has 0 saturated carbocycles. The highest BCUT2D eigenvalue weighted by Gasteiger charge is 2.23. The number of carbonyl (C=O) groups is 1. The molecule has 1 atom stereocenters. The molecule has 0 aliphatic carbocycles. The Morgan fingerprint density at radius 2 is 1.92 bits per heavy atom. The molecule has 0 bridgehead atoms. The average Bonchev–Trinajstić information content (AvgIpc) is 3.29. The normalized spacial score (nSPS) is 12.1. The number of aromatic hydroxyl groups is 1. The molecule has 1 amide bonds. The fraction of sp³-hybridized carbons (Fsp3) is 0.179. The second kappa shape index (κ2) is 10.6. The summed E-state index contributed by atoms with van der Waals surface area (Å²) in [5.41, 5.74) is 2.46. The lowest BCUT2D eigenvalue weighted by molar-refractivity contribution is -0.115. The van der Waals surface area contributed by atoms with E-state index in [1.165, 1.54) is 0 Å². The lowest BCUT2D eigenvalue weighted by Gasteiger charge is -2.18. The number of nitrogens with one attached hydrogen (secondary N) is 1. The first-order valence-electron chi connectivity index (χ1n) is 11.7. The van der Waals surface area contributed by atoms with E-state index in [1.54, 1.807) is 47.4 Å². The van der Waals surface area contributed by atoms with Crippen LogP contribution in [0.3, 0.4) is 0 Å². The van der Waals surface area contributed by atoms with Gasteiger partial charge in [0.25, 0.3) is 0 Å². The Bertz CT molecular complexity index is 1580. The molecule has 0 radical (unpaired) electrons. The molecule has 0 aliphatic heterocycles. The van der Waals surface area contributed by atoms with Crippen molar-refractivity contribution in [1.29, 1.82) is 0 Å². The molecule has 3 aromatic carbocycles. The van der Waals surface area contributed by atoms with Crippen LogP contribution in [0.2, 0.25) is 0 Å². The van der Waals surface area contributed by atoms with Crippen molar-refractivity contribution < 1.29 is 14.3 Å². The van der Waals surface area contributed by atoms with Crippen molar-refractivity contribution >= 4 is 55.9 Å². The molecule has 0 spiro atoms. The van der Waals surface area contributed by atoms with Crippen LogP contribution in [0.15, 0.2) is 86.3 Å². The molecule has 2 heterocycles. The summed E-state index contributed by atoms with van der Waals surface area (Å²) < 4.78 is 7.57. The van der Waals surface area contributed by atoms with Crippen molar-refractivity contribution in [2.45, 2.75) is 30.0 Å². The van der Waals surface area contributed by atoms with Gasteiger partial charge < -0.3 is 14.8 Å². The minimum atomic E-state index is -0.556. The Labute approximate surface area is 216 Å². The Morgan fingerprint density at radius 1 is 1.11 bits per heavy atom. The van der Waals surface area contributed by atoms with Crippen LogP contribution < -0.4 is 10.9 Å². The van der Waals surface area contributed by atoms with Gasteiger partial charge >= 0.3 is 5.63 Å². The summed E-state index contributed by atoms with van der Waals surface area (Å²) in [6.07, 6.45) is 0.921. The van der Waals surface area contributed by atoms with Crippen molar-refractivity contribution in [1.82, 2.24) is 4.98 Å². The Hall–Kier alpha value is -3.62. The van der Waals surface area contributed by atoms with Crippen LogP contribution in [-0.2, 0) is 4.79 Å². The number of rotatable bonds is 8. The predicted molar refractivity (Wildman–Crippen MR) is 146 cm³/mol. The van der Waals surface area contributed by atoms with Crippen LogP contribution in [0.4, 0.5) is 5.69 Å². The summed E-state index contributed by atoms with van der Waals surface area (Å²) in [6, 6.07) is 22.3. The van der Waals surface area contributed by atoms with E-state index in [0.29, 0.717) is 35.3 Å². The van der Waals surface area contributed by atoms with Gasteiger partial charge in [-0.2, -0.15) is 0 Å². The van der Waals surface area contributed by atoms with Gasteiger partial charge in [-0.05, 0) is 48.4 Å². The van der Waals surface area contributed by atoms with E-state index in [-0.39, 0.29) is 23.1 Å². The first kappa shape index (κ1) is 24.1. The van der Waals surface area contributed by atoms with E-state index in [1.807, 2.05) is 55.5 Å². The van der Waals surface area contributed by atoms with Gasteiger partial charge in [0, 0.05) is 23.8 Å². The molecular formula is C28H24N2O4S2. The fourth-order valence-electron chi connectivity index (χ4n) is 4.26. The van der Waals surface area contributed by atoms with Gasteiger partial charge in [-0.1, -0.05) is 55.1 Å². The molecule has 0 fully saturated rings. The van der Waals surface area contributed by atoms with Gasteiger partial charge in [0.15, 0.2) is 4.34 Å². The lowest BCUT2D eigenvalue weighted by atomic mass is 9.88. The number of benzene rings is 3. The fourth-order valence-corrected chi connectivity index (χ4v) is 6.34. The lowest BCUT2D eigenvalue weighted by Crippen LogP contribution is -2.15. The SMILES string of the molecule is CCC(c1cccc(NC(=O)CCSc2nc3ccccc3s2)c1)c1c(O)c2ccccc2oc1=O. The van der Waals surface area contributed by atoms with Crippen molar-refractivity contribution in [3.63, 3.8) is 0 Å². The number of hydrogen-bond donors (Lipinski definition) is 2. The molecule has 36 heavy (non-hydrogen) atoms. The largest absolute Gasteiger partial charge is 0.507 e. The summed E-state index contributed by atoms with van der Waals surface area (Å²) >= 11 is 3.20. The Morgan fingerprint density at radius 3 is 2.75 bits per heavy atom. The number of anilines is 1. The molecule has 0 aliphatic rings. The van der Waals surface area contributed by atoms with Crippen molar-refractivity contribution in [3.8, 4) is 5.75 Å². The number of hydrogen-bond acceptors (Lipinski definition) is 7. The van der Waals surface area contributed by atoms with E-state index >= 15 is 0 Å². The molecule has 5 rings (SSSR count). The standard InChI is InChI=1S/C28H24N2O4S2/c1-2-19(25-26(32)20-10-3-5-12-22(20)34-27(25)33)17-8-7-9-18(16-17)29-24(31)14-15-35-28-30-21-11-4-6-13-23(21)36-28/h3-13,16,19,32H,2,14-15H2,1H3,(H,29,31). The predicted octanol–water partition coefficient (Wildman–Crippen LogP) is 6.77. The molecule has 5 aromatic rings. The topological polar surface area (TPSA) is 92.4 Å². The summed E-state index contributed by atoms with van der Waals surface area (Å²) in [5.74, 6) is 0.0868. The minimum Gasteiger partial charge on any atom is -0.507 e. The van der Waals surface area contributed by atoms with Crippen LogP contribution in [-0.4, -0.2) is 21.8 Å². The average molecular weight is 517 g/mol. The second-order valence-corrected chi connectivity index (χ2v) is 10.7. The molecule has 8 heteroatoms. The highest BCUT2D eigenvalue weighted by Crippen LogP contribution is 2.36. The van der Waals surface area contributed by atoms with Gasteiger partial charge in [-0.25, -0.2) is 9.78 Å².